The normalized spacial score (nSPS) is 20.0. The average Bonchev–Trinajstić information content (AvgIpc) is 2.91. The molecule has 124 valence electrons. The maximum absolute atomic E-state index is 12.4. The van der Waals surface area contributed by atoms with Crippen LogP contribution in [0.3, 0.4) is 0 Å². The first-order chi connectivity index (χ1) is 10.4. The number of aryl methyl sites for hydroxylation is 1. The van der Waals surface area contributed by atoms with Gasteiger partial charge in [-0.15, -0.1) is 10.2 Å². The van der Waals surface area contributed by atoms with Crippen molar-refractivity contribution < 1.29 is 13.2 Å². The molecule has 1 aliphatic rings. The minimum Gasteiger partial charge on any atom is -0.299 e. The van der Waals surface area contributed by atoms with Gasteiger partial charge >= 0.3 is 0 Å². The van der Waals surface area contributed by atoms with Gasteiger partial charge in [0.2, 0.25) is 21.1 Å². The fourth-order valence-corrected chi connectivity index (χ4v) is 4.39. The number of nitrogens with zero attached hydrogens (tertiary/aromatic N) is 3. The Labute approximate surface area is 135 Å². The van der Waals surface area contributed by atoms with Crippen LogP contribution in [0.25, 0.3) is 0 Å². The number of amides is 1. The van der Waals surface area contributed by atoms with E-state index in [2.05, 4.69) is 22.4 Å². The molecule has 0 spiro atoms. The summed E-state index contributed by atoms with van der Waals surface area (Å²) in [6.45, 7) is 2.50. The van der Waals surface area contributed by atoms with Crippen molar-refractivity contribution in [3.05, 3.63) is 5.01 Å². The van der Waals surface area contributed by atoms with E-state index in [1.807, 2.05) is 0 Å². The molecule has 9 heteroatoms. The predicted molar refractivity (Wildman–Crippen MR) is 86.3 cm³/mol. The number of piperidine rings is 1. The van der Waals surface area contributed by atoms with Crippen LogP contribution in [-0.2, 0) is 21.2 Å². The molecule has 0 aliphatic carbocycles. The van der Waals surface area contributed by atoms with E-state index in [9.17, 15) is 13.2 Å². The molecule has 22 heavy (non-hydrogen) atoms. The number of hydrogen-bond acceptors (Lipinski definition) is 6. The van der Waals surface area contributed by atoms with Crippen molar-refractivity contribution in [1.82, 2.24) is 14.5 Å². The molecule has 0 aromatic carbocycles. The topological polar surface area (TPSA) is 92.3 Å². The van der Waals surface area contributed by atoms with Crippen LogP contribution in [0.4, 0.5) is 5.13 Å². The first-order valence-electron chi connectivity index (χ1n) is 7.52. The lowest BCUT2D eigenvalue weighted by atomic mass is 10.0. The van der Waals surface area contributed by atoms with Crippen LogP contribution in [0.5, 0.6) is 0 Å². The molecule has 1 unspecified atom stereocenters. The summed E-state index contributed by atoms with van der Waals surface area (Å²) < 4.78 is 24.9. The van der Waals surface area contributed by atoms with E-state index >= 15 is 0 Å². The summed E-state index contributed by atoms with van der Waals surface area (Å²) >= 11 is 1.35. The van der Waals surface area contributed by atoms with Gasteiger partial charge in [0, 0.05) is 13.0 Å². The third-order valence-electron chi connectivity index (χ3n) is 3.62. The van der Waals surface area contributed by atoms with Gasteiger partial charge < -0.3 is 0 Å². The Bertz CT molecular complexity index is 615. The van der Waals surface area contributed by atoms with Crippen LogP contribution in [0.15, 0.2) is 0 Å². The lowest BCUT2D eigenvalue weighted by Crippen LogP contribution is -2.49. The van der Waals surface area contributed by atoms with Crippen LogP contribution in [0.1, 0.15) is 44.0 Å². The third-order valence-corrected chi connectivity index (χ3v) is 5.81. The highest BCUT2D eigenvalue weighted by molar-refractivity contribution is 7.88. The van der Waals surface area contributed by atoms with Crippen LogP contribution in [0, 0.1) is 0 Å². The lowest BCUT2D eigenvalue weighted by molar-refractivity contribution is -0.120. The Kier molecular flexibility index (Phi) is 5.87. The second-order valence-electron chi connectivity index (χ2n) is 5.48. The summed E-state index contributed by atoms with van der Waals surface area (Å²) in [4.78, 5) is 12.4. The summed E-state index contributed by atoms with van der Waals surface area (Å²) in [6.07, 6.45) is 6.29. The van der Waals surface area contributed by atoms with Gasteiger partial charge in [0.15, 0.2) is 0 Å². The molecule has 1 amide bonds. The van der Waals surface area contributed by atoms with E-state index in [1.165, 1.54) is 15.6 Å². The van der Waals surface area contributed by atoms with E-state index in [-0.39, 0.29) is 5.91 Å². The van der Waals surface area contributed by atoms with Crippen molar-refractivity contribution in [2.24, 2.45) is 0 Å². The van der Waals surface area contributed by atoms with Crippen LogP contribution >= 0.6 is 11.3 Å². The van der Waals surface area contributed by atoms with Gasteiger partial charge in [-0.1, -0.05) is 31.1 Å². The largest absolute Gasteiger partial charge is 0.299 e. The number of hydrogen-bond donors (Lipinski definition) is 1. The molecule has 1 fully saturated rings. The summed E-state index contributed by atoms with van der Waals surface area (Å²) in [7, 11) is -3.38. The third kappa shape index (κ3) is 4.47. The van der Waals surface area contributed by atoms with Gasteiger partial charge in [-0.3, -0.25) is 10.1 Å². The molecule has 2 rings (SSSR count). The minimum atomic E-state index is -3.38. The Morgan fingerprint density at radius 3 is 2.86 bits per heavy atom. The highest BCUT2D eigenvalue weighted by Crippen LogP contribution is 2.23. The van der Waals surface area contributed by atoms with Crippen molar-refractivity contribution in [3.63, 3.8) is 0 Å². The number of unbranched alkanes of at least 4 members (excludes halogenated alkanes) is 1. The van der Waals surface area contributed by atoms with Gasteiger partial charge in [0.25, 0.3) is 0 Å². The molecular weight excluding hydrogens is 324 g/mol. The predicted octanol–water partition coefficient (Wildman–Crippen LogP) is 1.63. The van der Waals surface area contributed by atoms with E-state index < -0.39 is 16.1 Å². The second-order valence-corrected chi connectivity index (χ2v) is 8.48. The summed E-state index contributed by atoms with van der Waals surface area (Å²) in [5, 5.41) is 12.0. The molecule has 1 saturated heterocycles. The number of carbonyl (C=O) groups excluding carboxylic acids is 1. The molecule has 1 aliphatic heterocycles. The molecule has 0 saturated carbocycles. The van der Waals surface area contributed by atoms with Crippen molar-refractivity contribution in [1.29, 1.82) is 0 Å². The van der Waals surface area contributed by atoms with E-state index in [0.29, 0.717) is 18.1 Å². The van der Waals surface area contributed by atoms with Gasteiger partial charge in [-0.25, -0.2) is 8.42 Å². The molecule has 2 heterocycles. The quantitative estimate of drug-likeness (QED) is 0.845. The zero-order valence-corrected chi connectivity index (χ0v) is 14.5. The highest BCUT2D eigenvalue weighted by Gasteiger charge is 2.34. The molecule has 1 aromatic rings. The molecule has 7 nitrogen and oxygen atoms in total. The van der Waals surface area contributed by atoms with Crippen molar-refractivity contribution in [2.45, 2.75) is 51.5 Å². The standard InChI is InChI=1S/C13H22N4O3S2/c1-3-4-8-11-15-16-13(21-11)14-12(18)10-7-5-6-9-17(10)22(2,19)20/h10H,3-9H2,1-2H3,(H,14,16,18). The van der Waals surface area contributed by atoms with Crippen LogP contribution in [0.2, 0.25) is 0 Å². The van der Waals surface area contributed by atoms with Gasteiger partial charge in [-0.05, 0) is 19.3 Å². The Morgan fingerprint density at radius 1 is 1.41 bits per heavy atom. The summed E-state index contributed by atoms with van der Waals surface area (Å²) in [6, 6.07) is -0.647. The first-order valence-corrected chi connectivity index (χ1v) is 10.2. The molecule has 0 radical (unpaired) electrons. The molecule has 1 aromatic heterocycles. The maximum Gasteiger partial charge on any atom is 0.244 e. The lowest BCUT2D eigenvalue weighted by Gasteiger charge is -2.32. The van der Waals surface area contributed by atoms with Gasteiger partial charge in [-0.2, -0.15) is 4.31 Å². The monoisotopic (exact) mass is 346 g/mol. The number of nitrogens with one attached hydrogen (secondary N) is 1. The highest BCUT2D eigenvalue weighted by atomic mass is 32.2. The Hall–Kier alpha value is -1.06. The number of sulfonamides is 1. The summed E-state index contributed by atoms with van der Waals surface area (Å²) in [5.74, 6) is -0.316. The second kappa shape index (κ2) is 7.47. The number of carbonyl (C=O) groups is 1. The van der Waals surface area contributed by atoms with Crippen LogP contribution < -0.4 is 5.32 Å². The zero-order valence-electron chi connectivity index (χ0n) is 12.9. The van der Waals surface area contributed by atoms with E-state index in [0.717, 1.165) is 43.4 Å². The molecule has 1 N–H and O–H groups in total. The van der Waals surface area contributed by atoms with Crippen molar-refractivity contribution in [2.75, 3.05) is 18.1 Å². The number of rotatable bonds is 6. The minimum absolute atomic E-state index is 0.316. The van der Waals surface area contributed by atoms with Crippen molar-refractivity contribution in [3.8, 4) is 0 Å². The average molecular weight is 346 g/mol. The van der Waals surface area contributed by atoms with E-state index in [1.54, 1.807) is 0 Å². The fourth-order valence-electron chi connectivity index (χ4n) is 2.49. The Balaban J connectivity index is 2.02. The first kappa shape index (κ1) is 17.3. The van der Waals surface area contributed by atoms with Crippen LogP contribution in [-0.4, -0.2) is 47.7 Å². The molecular formula is C13H22N4O3S2. The Morgan fingerprint density at radius 2 is 2.18 bits per heavy atom. The van der Waals surface area contributed by atoms with Gasteiger partial charge in [0.05, 0.1) is 6.26 Å². The van der Waals surface area contributed by atoms with E-state index in [4.69, 9.17) is 0 Å². The maximum atomic E-state index is 12.4. The summed E-state index contributed by atoms with van der Waals surface area (Å²) in [5.41, 5.74) is 0. The smallest absolute Gasteiger partial charge is 0.244 e. The SMILES string of the molecule is CCCCc1nnc(NC(=O)C2CCCCN2S(C)(=O)=O)s1. The number of anilines is 1. The fraction of sp³-hybridized carbons (Fsp3) is 0.769. The number of aromatic nitrogens is 2. The molecule has 0 bridgehead atoms. The zero-order chi connectivity index (χ0) is 16.2. The van der Waals surface area contributed by atoms with Crippen molar-refractivity contribution >= 4 is 32.4 Å². The molecule has 1 atom stereocenters. The van der Waals surface area contributed by atoms with Gasteiger partial charge in [0.1, 0.15) is 11.0 Å².